The SMILES string of the molecule is CCCC(C)(NC(=O)CSC(C)(C)C)C(=O)OC. The smallest absolute Gasteiger partial charge is 0.331 e. The molecule has 4 nitrogen and oxygen atoms in total. The molecule has 0 rings (SSSR count). The van der Waals surface area contributed by atoms with Crippen LogP contribution in [0.15, 0.2) is 0 Å². The summed E-state index contributed by atoms with van der Waals surface area (Å²) in [5, 5.41) is 2.78. The first kappa shape index (κ1) is 17.3. The van der Waals surface area contributed by atoms with Crippen LogP contribution < -0.4 is 5.32 Å². The first-order chi connectivity index (χ1) is 8.14. The van der Waals surface area contributed by atoms with Crippen molar-refractivity contribution >= 4 is 23.6 Å². The second-order valence-corrected chi connectivity index (χ2v) is 7.33. The van der Waals surface area contributed by atoms with Crippen molar-refractivity contribution in [1.29, 1.82) is 0 Å². The van der Waals surface area contributed by atoms with Crippen LogP contribution in [0.5, 0.6) is 0 Å². The van der Waals surface area contributed by atoms with E-state index in [2.05, 4.69) is 26.1 Å². The average Bonchev–Trinajstić information content (AvgIpc) is 2.24. The largest absolute Gasteiger partial charge is 0.467 e. The molecule has 0 aliphatic rings. The summed E-state index contributed by atoms with van der Waals surface area (Å²) >= 11 is 1.56. The fourth-order valence-electron chi connectivity index (χ4n) is 1.57. The van der Waals surface area contributed by atoms with Gasteiger partial charge in [0.1, 0.15) is 5.54 Å². The number of methoxy groups -OCH3 is 1. The quantitative estimate of drug-likeness (QED) is 0.756. The van der Waals surface area contributed by atoms with Gasteiger partial charge in [-0.3, -0.25) is 4.79 Å². The predicted molar refractivity (Wildman–Crippen MR) is 75.7 cm³/mol. The van der Waals surface area contributed by atoms with Gasteiger partial charge in [0.05, 0.1) is 12.9 Å². The molecular formula is C13H25NO3S. The molecule has 1 N–H and O–H groups in total. The van der Waals surface area contributed by atoms with Crippen LogP contribution in [0.25, 0.3) is 0 Å². The van der Waals surface area contributed by atoms with Gasteiger partial charge < -0.3 is 10.1 Å². The van der Waals surface area contributed by atoms with E-state index in [0.717, 1.165) is 6.42 Å². The predicted octanol–water partition coefficient (Wildman–Crippen LogP) is 2.37. The van der Waals surface area contributed by atoms with Gasteiger partial charge in [0.2, 0.25) is 5.91 Å². The standard InChI is InChI=1S/C13H25NO3S/c1-7-8-13(5,11(16)17-6)14-10(15)9-18-12(2,3)4/h7-9H2,1-6H3,(H,14,15). The lowest BCUT2D eigenvalue weighted by molar-refractivity contribution is -0.150. The summed E-state index contributed by atoms with van der Waals surface area (Å²) in [5.74, 6) is -0.172. The van der Waals surface area contributed by atoms with Crippen LogP contribution in [-0.4, -0.2) is 35.0 Å². The number of thioether (sulfide) groups is 1. The van der Waals surface area contributed by atoms with E-state index in [1.807, 2.05) is 6.92 Å². The molecule has 1 atom stereocenters. The van der Waals surface area contributed by atoms with Crippen molar-refractivity contribution in [3.63, 3.8) is 0 Å². The van der Waals surface area contributed by atoms with Crippen LogP contribution in [0.1, 0.15) is 47.5 Å². The number of carbonyl (C=O) groups excluding carboxylic acids is 2. The molecule has 106 valence electrons. The molecule has 0 saturated carbocycles. The maximum atomic E-state index is 11.9. The molecule has 0 aliphatic carbocycles. The number of esters is 1. The van der Waals surface area contributed by atoms with Gasteiger partial charge in [-0.1, -0.05) is 34.1 Å². The second kappa shape index (κ2) is 7.02. The topological polar surface area (TPSA) is 55.4 Å². The molecule has 0 radical (unpaired) electrons. The van der Waals surface area contributed by atoms with Crippen molar-refractivity contribution in [2.45, 2.75) is 57.7 Å². The fourth-order valence-corrected chi connectivity index (χ4v) is 2.20. The van der Waals surface area contributed by atoms with Gasteiger partial charge in [-0.2, -0.15) is 0 Å². The molecule has 0 aromatic heterocycles. The van der Waals surface area contributed by atoms with Gasteiger partial charge in [-0.25, -0.2) is 4.79 Å². The zero-order valence-electron chi connectivity index (χ0n) is 12.3. The Morgan fingerprint density at radius 1 is 1.22 bits per heavy atom. The Bertz CT molecular complexity index is 299. The third-order valence-electron chi connectivity index (χ3n) is 2.44. The van der Waals surface area contributed by atoms with Crippen LogP contribution in [0.4, 0.5) is 0 Å². The molecule has 0 aliphatic heterocycles. The van der Waals surface area contributed by atoms with Crippen molar-refractivity contribution in [3.05, 3.63) is 0 Å². The Hall–Kier alpha value is -0.710. The minimum absolute atomic E-state index is 0.0315. The Labute approximate surface area is 114 Å². The summed E-state index contributed by atoms with van der Waals surface area (Å²) in [4.78, 5) is 23.6. The molecule has 0 fully saturated rings. The number of ether oxygens (including phenoxy) is 1. The number of hydrogen-bond donors (Lipinski definition) is 1. The molecule has 18 heavy (non-hydrogen) atoms. The first-order valence-electron chi connectivity index (χ1n) is 6.18. The fraction of sp³-hybridized carbons (Fsp3) is 0.846. The summed E-state index contributed by atoms with van der Waals surface area (Å²) in [7, 11) is 1.34. The van der Waals surface area contributed by atoms with Gasteiger partial charge in [0.15, 0.2) is 0 Å². The first-order valence-corrected chi connectivity index (χ1v) is 7.16. The molecule has 5 heteroatoms. The van der Waals surface area contributed by atoms with E-state index in [1.54, 1.807) is 18.7 Å². The van der Waals surface area contributed by atoms with E-state index < -0.39 is 11.5 Å². The number of carbonyl (C=O) groups is 2. The Morgan fingerprint density at radius 2 is 1.78 bits per heavy atom. The minimum atomic E-state index is -0.918. The molecule has 0 heterocycles. The van der Waals surface area contributed by atoms with Gasteiger partial charge in [0.25, 0.3) is 0 Å². The van der Waals surface area contributed by atoms with Crippen molar-refractivity contribution in [2.24, 2.45) is 0 Å². The van der Waals surface area contributed by atoms with E-state index in [4.69, 9.17) is 4.74 Å². The Balaban J connectivity index is 4.50. The number of nitrogens with one attached hydrogen (secondary N) is 1. The van der Waals surface area contributed by atoms with Gasteiger partial charge in [-0.15, -0.1) is 11.8 Å². The van der Waals surface area contributed by atoms with E-state index >= 15 is 0 Å². The van der Waals surface area contributed by atoms with Crippen molar-refractivity contribution < 1.29 is 14.3 Å². The summed E-state index contributed by atoms with van der Waals surface area (Å²) in [5.41, 5.74) is -0.918. The molecule has 0 aromatic rings. The molecule has 1 unspecified atom stereocenters. The van der Waals surface area contributed by atoms with Crippen LogP contribution in [0, 0.1) is 0 Å². The zero-order chi connectivity index (χ0) is 14.4. The number of hydrogen-bond acceptors (Lipinski definition) is 4. The highest BCUT2D eigenvalue weighted by Gasteiger charge is 2.35. The molecule has 0 saturated heterocycles. The summed E-state index contributed by atoms with van der Waals surface area (Å²) in [6, 6.07) is 0. The maximum Gasteiger partial charge on any atom is 0.331 e. The summed E-state index contributed by atoms with van der Waals surface area (Å²) < 4.78 is 4.79. The highest BCUT2D eigenvalue weighted by Crippen LogP contribution is 2.23. The maximum absolute atomic E-state index is 11.9. The number of rotatable bonds is 6. The van der Waals surface area contributed by atoms with Crippen LogP contribution >= 0.6 is 11.8 Å². The van der Waals surface area contributed by atoms with Crippen LogP contribution in [0.3, 0.4) is 0 Å². The molecule has 1 amide bonds. The second-order valence-electron chi connectivity index (χ2n) is 5.52. The summed E-state index contributed by atoms with van der Waals surface area (Å²) in [6.07, 6.45) is 1.38. The van der Waals surface area contributed by atoms with Crippen molar-refractivity contribution in [1.82, 2.24) is 5.32 Å². The lowest BCUT2D eigenvalue weighted by Crippen LogP contribution is -2.53. The van der Waals surface area contributed by atoms with E-state index in [-0.39, 0.29) is 10.7 Å². The average molecular weight is 275 g/mol. The minimum Gasteiger partial charge on any atom is -0.467 e. The zero-order valence-corrected chi connectivity index (χ0v) is 13.1. The lowest BCUT2D eigenvalue weighted by atomic mass is 9.96. The Kier molecular flexibility index (Phi) is 6.74. The monoisotopic (exact) mass is 275 g/mol. The van der Waals surface area contributed by atoms with Gasteiger partial charge >= 0.3 is 5.97 Å². The third kappa shape index (κ3) is 6.28. The van der Waals surface area contributed by atoms with E-state index in [0.29, 0.717) is 12.2 Å². The van der Waals surface area contributed by atoms with Crippen LogP contribution in [-0.2, 0) is 14.3 Å². The summed E-state index contributed by atoms with van der Waals surface area (Å²) in [6.45, 7) is 9.84. The van der Waals surface area contributed by atoms with E-state index in [9.17, 15) is 9.59 Å². The normalized spacial score (nSPS) is 14.8. The Morgan fingerprint density at radius 3 is 2.17 bits per heavy atom. The lowest BCUT2D eigenvalue weighted by Gasteiger charge is -2.28. The molecule has 0 spiro atoms. The molecular weight excluding hydrogens is 250 g/mol. The van der Waals surface area contributed by atoms with E-state index in [1.165, 1.54) is 7.11 Å². The molecule has 0 aromatic carbocycles. The number of amides is 1. The van der Waals surface area contributed by atoms with Crippen LogP contribution in [0.2, 0.25) is 0 Å². The van der Waals surface area contributed by atoms with Crippen molar-refractivity contribution in [3.8, 4) is 0 Å². The highest BCUT2D eigenvalue weighted by molar-refractivity contribution is 8.01. The third-order valence-corrected chi connectivity index (χ3v) is 3.71. The highest BCUT2D eigenvalue weighted by atomic mass is 32.2. The van der Waals surface area contributed by atoms with Gasteiger partial charge in [-0.05, 0) is 13.3 Å². The molecule has 0 bridgehead atoms. The van der Waals surface area contributed by atoms with Crippen molar-refractivity contribution in [2.75, 3.05) is 12.9 Å². The van der Waals surface area contributed by atoms with Gasteiger partial charge in [0, 0.05) is 4.75 Å².